The molecular formula is C14H15NO2. The van der Waals surface area contributed by atoms with E-state index in [1.54, 1.807) is 12.4 Å². The molecule has 2 aromatic rings. The Morgan fingerprint density at radius 1 is 1.12 bits per heavy atom. The highest BCUT2D eigenvalue weighted by Gasteiger charge is 2.02. The van der Waals surface area contributed by atoms with Crippen LogP contribution < -0.4 is 4.74 Å². The van der Waals surface area contributed by atoms with Gasteiger partial charge < -0.3 is 9.84 Å². The van der Waals surface area contributed by atoms with Crippen LogP contribution in [0.15, 0.2) is 48.8 Å². The molecule has 17 heavy (non-hydrogen) atoms. The molecule has 1 N–H and O–H groups in total. The summed E-state index contributed by atoms with van der Waals surface area (Å²) in [4.78, 5) is 4.04. The van der Waals surface area contributed by atoms with E-state index in [0.29, 0.717) is 13.0 Å². The minimum atomic E-state index is 0.132. The summed E-state index contributed by atoms with van der Waals surface area (Å²) < 4.78 is 5.72. The van der Waals surface area contributed by atoms with E-state index in [-0.39, 0.29) is 6.61 Å². The molecule has 0 aliphatic heterocycles. The topological polar surface area (TPSA) is 42.4 Å². The SMILES string of the molecule is OCCc1ccccc1OCc1cccnc1. The van der Waals surface area contributed by atoms with Crippen LogP contribution in [0.25, 0.3) is 0 Å². The maximum absolute atomic E-state index is 8.96. The minimum Gasteiger partial charge on any atom is -0.489 e. The van der Waals surface area contributed by atoms with Crippen molar-refractivity contribution in [1.82, 2.24) is 4.98 Å². The molecule has 0 radical (unpaired) electrons. The highest BCUT2D eigenvalue weighted by atomic mass is 16.5. The van der Waals surface area contributed by atoms with Crippen molar-refractivity contribution in [2.75, 3.05) is 6.61 Å². The molecule has 0 amide bonds. The number of pyridine rings is 1. The van der Waals surface area contributed by atoms with Crippen molar-refractivity contribution >= 4 is 0 Å². The Bertz CT molecular complexity index is 457. The van der Waals surface area contributed by atoms with Gasteiger partial charge in [0.1, 0.15) is 12.4 Å². The van der Waals surface area contributed by atoms with Crippen LogP contribution in [0, 0.1) is 0 Å². The lowest BCUT2D eigenvalue weighted by atomic mass is 10.1. The average molecular weight is 229 g/mol. The number of aliphatic hydroxyl groups is 1. The molecule has 0 saturated carbocycles. The number of benzene rings is 1. The number of aliphatic hydroxyl groups excluding tert-OH is 1. The first-order valence-corrected chi connectivity index (χ1v) is 5.60. The highest BCUT2D eigenvalue weighted by Crippen LogP contribution is 2.19. The Kier molecular flexibility index (Phi) is 4.11. The molecule has 88 valence electrons. The van der Waals surface area contributed by atoms with Gasteiger partial charge in [0.15, 0.2) is 0 Å². The Hall–Kier alpha value is -1.87. The molecule has 1 heterocycles. The Morgan fingerprint density at radius 2 is 2.00 bits per heavy atom. The van der Waals surface area contributed by atoms with Gasteiger partial charge in [-0.25, -0.2) is 0 Å². The Morgan fingerprint density at radius 3 is 2.76 bits per heavy atom. The van der Waals surface area contributed by atoms with Gasteiger partial charge in [-0.3, -0.25) is 4.98 Å². The fraction of sp³-hybridized carbons (Fsp3) is 0.214. The van der Waals surface area contributed by atoms with Gasteiger partial charge >= 0.3 is 0 Å². The van der Waals surface area contributed by atoms with Crippen molar-refractivity contribution in [2.24, 2.45) is 0 Å². The first-order valence-electron chi connectivity index (χ1n) is 5.60. The molecule has 0 atom stereocenters. The molecule has 0 bridgehead atoms. The molecule has 0 unspecified atom stereocenters. The zero-order chi connectivity index (χ0) is 11.9. The van der Waals surface area contributed by atoms with Gasteiger partial charge in [-0.2, -0.15) is 0 Å². The summed E-state index contributed by atoms with van der Waals surface area (Å²) in [6.45, 7) is 0.629. The highest BCUT2D eigenvalue weighted by molar-refractivity contribution is 5.33. The quantitative estimate of drug-likeness (QED) is 0.854. The third-order valence-electron chi connectivity index (χ3n) is 2.47. The molecule has 0 aliphatic carbocycles. The standard InChI is InChI=1S/C14H15NO2/c16-9-7-13-5-1-2-6-14(13)17-11-12-4-3-8-15-10-12/h1-6,8,10,16H,7,9,11H2. The fourth-order valence-corrected chi connectivity index (χ4v) is 1.62. The van der Waals surface area contributed by atoms with E-state index in [1.807, 2.05) is 36.4 Å². The largest absolute Gasteiger partial charge is 0.489 e. The predicted octanol–water partition coefficient (Wildman–Crippen LogP) is 2.20. The molecule has 3 heteroatoms. The van der Waals surface area contributed by atoms with Gasteiger partial charge in [-0.15, -0.1) is 0 Å². The number of rotatable bonds is 5. The number of aromatic nitrogens is 1. The zero-order valence-electron chi connectivity index (χ0n) is 9.54. The van der Waals surface area contributed by atoms with Crippen LogP contribution in [0.4, 0.5) is 0 Å². The molecular weight excluding hydrogens is 214 g/mol. The number of hydrogen-bond acceptors (Lipinski definition) is 3. The van der Waals surface area contributed by atoms with Gasteiger partial charge in [0.05, 0.1) is 0 Å². The third kappa shape index (κ3) is 3.29. The van der Waals surface area contributed by atoms with Crippen molar-refractivity contribution in [2.45, 2.75) is 13.0 Å². The van der Waals surface area contributed by atoms with Crippen LogP contribution in [0.3, 0.4) is 0 Å². The van der Waals surface area contributed by atoms with Gasteiger partial charge in [-0.05, 0) is 24.1 Å². The monoisotopic (exact) mass is 229 g/mol. The zero-order valence-corrected chi connectivity index (χ0v) is 9.54. The number of nitrogens with zero attached hydrogens (tertiary/aromatic N) is 1. The van der Waals surface area contributed by atoms with E-state index in [9.17, 15) is 0 Å². The molecule has 0 aliphatic rings. The van der Waals surface area contributed by atoms with Crippen molar-refractivity contribution in [3.63, 3.8) is 0 Å². The normalized spacial score (nSPS) is 10.2. The fourth-order valence-electron chi connectivity index (χ4n) is 1.62. The van der Waals surface area contributed by atoms with Gasteiger partial charge in [0.25, 0.3) is 0 Å². The molecule has 0 fully saturated rings. The lowest BCUT2D eigenvalue weighted by Crippen LogP contribution is -2.00. The lowest BCUT2D eigenvalue weighted by molar-refractivity contribution is 0.284. The van der Waals surface area contributed by atoms with E-state index in [0.717, 1.165) is 16.9 Å². The second kappa shape index (κ2) is 6.01. The van der Waals surface area contributed by atoms with Crippen LogP contribution >= 0.6 is 0 Å². The van der Waals surface area contributed by atoms with E-state index < -0.39 is 0 Å². The van der Waals surface area contributed by atoms with Crippen molar-refractivity contribution in [3.8, 4) is 5.75 Å². The van der Waals surface area contributed by atoms with E-state index >= 15 is 0 Å². The summed E-state index contributed by atoms with van der Waals surface area (Å²) in [5.74, 6) is 0.824. The summed E-state index contributed by atoms with van der Waals surface area (Å²) >= 11 is 0. The first kappa shape index (κ1) is 11.6. The van der Waals surface area contributed by atoms with Crippen LogP contribution in [0.2, 0.25) is 0 Å². The predicted molar refractivity (Wildman–Crippen MR) is 65.8 cm³/mol. The van der Waals surface area contributed by atoms with Crippen LogP contribution in [-0.2, 0) is 13.0 Å². The van der Waals surface area contributed by atoms with Crippen molar-refractivity contribution < 1.29 is 9.84 Å². The third-order valence-corrected chi connectivity index (χ3v) is 2.47. The summed E-state index contributed by atoms with van der Waals surface area (Å²) in [6.07, 6.45) is 4.14. The first-order chi connectivity index (χ1) is 8.40. The molecule has 0 saturated heterocycles. The smallest absolute Gasteiger partial charge is 0.123 e. The Balaban J connectivity index is 2.03. The average Bonchev–Trinajstić information content (AvgIpc) is 2.39. The van der Waals surface area contributed by atoms with Crippen molar-refractivity contribution in [3.05, 3.63) is 59.9 Å². The Labute approximate surface area is 101 Å². The van der Waals surface area contributed by atoms with E-state index in [2.05, 4.69) is 4.98 Å². The maximum Gasteiger partial charge on any atom is 0.123 e. The molecule has 1 aromatic carbocycles. The van der Waals surface area contributed by atoms with E-state index in [1.165, 1.54) is 0 Å². The van der Waals surface area contributed by atoms with E-state index in [4.69, 9.17) is 9.84 Å². The second-order valence-corrected chi connectivity index (χ2v) is 3.73. The maximum atomic E-state index is 8.96. The molecule has 1 aromatic heterocycles. The lowest BCUT2D eigenvalue weighted by Gasteiger charge is -2.10. The number of para-hydroxylation sites is 1. The van der Waals surface area contributed by atoms with Gasteiger partial charge in [0.2, 0.25) is 0 Å². The van der Waals surface area contributed by atoms with Gasteiger partial charge in [-0.1, -0.05) is 24.3 Å². The van der Waals surface area contributed by atoms with Crippen molar-refractivity contribution in [1.29, 1.82) is 0 Å². The van der Waals surface area contributed by atoms with Crippen LogP contribution in [0.1, 0.15) is 11.1 Å². The molecule has 0 spiro atoms. The summed E-state index contributed by atoms with van der Waals surface area (Å²) in [5, 5.41) is 8.96. The summed E-state index contributed by atoms with van der Waals surface area (Å²) in [7, 11) is 0. The van der Waals surface area contributed by atoms with Gasteiger partial charge in [0, 0.05) is 24.6 Å². The van der Waals surface area contributed by atoms with Crippen LogP contribution in [-0.4, -0.2) is 16.7 Å². The second-order valence-electron chi connectivity index (χ2n) is 3.73. The summed E-state index contributed by atoms with van der Waals surface area (Å²) in [5.41, 5.74) is 2.06. The molecule has 2 rings (SSSR count). The minimum absolute atomic E-state index is 0.132. The molecule has 3 nitrogen and oxygen atoms in total. The number of ether oxygens (including phenoxy) is 1. The van der Waals surface area contributed by atoms with Crippen LogP contribution in [0.5, 0.6) is 5.75 Å². The number of hydrogen-bond donors (Lipinski definition) is 1. The summed E-state index contributed by atoms with van der Waals surface area (Å²) in [6, 6.07) is 11.6.